The highest BCUT2D eigenvalue weighted by atomic mass is 16.5. The Morgan fingerprint density at radius 2 is 1.68 bits per heavy atom. The molecule has 2 saturated heterocycles. The molecule has 1 aromatic rings. The average Bonchev–Trinajstić information content (AvgIpc) is 2.93. The molecule has 2 fully saturated rings. The van der Waals surface area contributed by atoms with Gasteiger partial charge in [0.2, 0.25) is 0 Å². The molecule has 7 nitrogen and oxygen atoms in total. The fourth-order valence-corrected chi connectivity index (χ4v) is 5.91. The normalized spacial score (nSPS) is 30.0. The first-order valence-corrected chi connectivity index (χ1v) is 15.4. The van der Waals surface area contributed by atoms with Crippen LogP contribution in [0, 0.1) is 11.8 Å². The molecule has 0 bridgehead atoms. The van der Waals surface area contributed by atoms with Crippen LogP contribution in [0.1, 0.15) is 84.1 Å². The van der Waals surface area contributed by atoms with Gasteiger partial charge in [-0.15, -0.1) is 0 Å². The number of benzene rings is 1. The van der Waals surface area contributed by atoms with E-state index in [0.717, 1.165) is 37.7 Å². The molecule has 1 unspecified atom stereocenters. The van der Waals surface area contributed by atoms with Gasteiger partial charge in [-0.25, -0.2) is 0 Å². The molecule has 0 spiro atoms. The highest BCUT2D eigenvalue weighted by Gasteiger charge is 2.35. The summed E-state index contributed by atoms with van der Waals surface area (Å²) in [6.07, 6.45) is 9.48. The Hall–Kier alpha value is -1.32. The summed E-state index contributed by atoms with van der Waals surface area (Å²) in [4.78, 5) is 0. The van der Waals surface area contributed by atoms with Gasteiger partial charge in [0.1, 0.15) is 0 Å². The standard InChI is InChI=1S/C33H54O7/c1-23(2)9-8-12-26(35)15-28-14-13-24(3)33(40-28)20-29(37-4)17-32-19-30(18-31(39-32)16-27(36)21-34)38-22-25-10-6-5-7-11-25/h5-8,10-12,23-24,26-36H,9,13-22H2,1-4H3/b12-8+/t24-,26-,27?,28-,29-,30+,31-,32+,33+/m0/s1. The van der Waals surface area contributed by atoms with Gasteiger partial charge in [-0.05, 0) is 55.9 Å². The molecule has 40 heavy (non-hydrogen) atoms. The summed E-state index contributed by atoms with van der Waals surface area (Å²) in [6.45, 7) is 6.85. The number of rotatable bonds is 16. The Morgan fingerprint density at radius 3 is 2.35 bits per heavy atom. The largest absolute Gasteiger partial charge is 0.394 e. The molecular formula is C33H54O7. The Balaban J connectivity index is 1.55. The second kappa shape index (κ2) is 17.6. The van der Waals surface area contributed by atoms with E-state index < -0.39 is 12.2 Å². The van der Waals surface area contributed by atoms with Crippen molar-refractivity contribution in [2.75, 3.05) is 13.7 Å². The topological polar surface area (TPSA) is 97.6 Å². The molecule has 2 heterocycles. The first-order chi connectivity index (χ1) is 19.2. The summed E-state index contributed by atoms with van der Waals surface area (Å²) in [5.41, 5.74) is 1.13. The number of aliphatic hydroxyl groups excluding tert-OH is 3. The number of methoxy groups -OCH3 is 1. The van der Waals surface area contributed by atoms with E-state index >= 15 is 0 Å². The van der Waals surface area contributed by atoms with Crippen molar-refractivity contribution in [1.29, 1.82) is 0 Å². The van der Waals surface area contributed by atoms with Crippen molar-refractivity contribution in [1.82, 2.24) is 0 Å². The minimum absolute atomic E-state index is 0.00632. The lowest BCUT2D eigenvalue weighted by Gasteiger charge is -2.39. The quantitative estimate of drug-likeness (QED) is 0.239. The van der Waals surface area contributed by atoms with Crippen LogP contribution >= 0.6 is 0 Å². The summed E-state index contributed by atoms with van der Waals surface area (Å²) >= 11 is 0. The monoisotopic (exact) mass is 562 g/mol. The van der Waals surface area contributed by atoms with Crippen LogP contribution < -0.4 is 0 Å². The number of hydrogen-bond acceptors (Lipinski definition) is 7. The summed E-state index contributed by atoms with van der Waals surface area (Å²) in [5.74, 6) is 1.00. The van der Waals surface area contributed by atoms with E-state index in [1.165, 1.54) is 0 Å². The maximum Gasteiger partial charge on any atom is 0.0795 e. The number of aliphatic hydroxyl groups is 3. The molecule has 9 atom stereocenters. The predicted molar refractivity (Wildman–Crippen MR) is 157 cm³/mol. The van der Waals surface area contributed by atoms with Crippen LogP contribution in [0.3, 0.4) is 0 Å². The van der Waals surface area contributed by atoms with Gasteiger partial charge in [0, 0.05) is 26.4 Å². The molecule has 7 heteroatoms. The maximum absolute atomic E-state index is 10.5. The molecule has 0 radical (unpaired) electrons. The van der Waals surface area contributed by atoms with E-state index in [0.29, 0.717) is 44.1 Å². The van der Waals surface area contributed by atoms with Gasteiger partial charge in [0.05, 0.1) is 62.0 Å². The minimum Gasteiger partial charge on any atom is -0.394 e. The highest BCUT2D eigenvalue weighted by molar-refractivity contribution is 5.13. The second-order valence-corrected chi connectivity index (χ2v) is 12.4. The van der Waals surface area contributed by atoms with E-state index in [1.807, 2.05) is 24.3 Å². The lowest BCUT2D eigenvalue weighted by molar-refractivity contribution is -0.148. The minimum atomic E-state index is -0.805. The van der Waals surface area contributed by atoms with Crippen LogP contribution in [0.15, 0.2) is 42.5 Å². The van der Waals surface area contributed by atoms with Gasteiger partial charge in [0.15, 0.2) is 0 Å². The Bertz CT molecular complexity index is 831. The fraction of sp³-hybridized carbons (Fsp3) is 0.758. The Kier molecular flexibility index (Phi) is 14.6. The van der Waals surface area contributed by atoms with Crippen LogP contribution in [0.25, 0.3) is 0 Å². The summed E-state index contributed by atoms with van der Waals surface area (Å²) in [7, 11) is 1.75. The van der Waals surface area contributed by atoms with Crippen molar-refractivity contribution in [3.8, 4) is 0 Å². The van der Waals surface area contributed by atoms with E-state index in [2.05, 4.69) is 39.0 Å². The molecule has 0 aromatic heterocycles. The number of hydrogen-bond donors (Lipinski definition) is 3. The first kappa shape index (κ1) is 33.2. The van der Waals surface area contributed by atoms with Crippen LogP contribution in [-0.2, 0) is 25.6 Å². The SMILES string of the molecule is CO[C@@H](C[C@@H]1C[C@H](OCc2ccccc2)C[C@H](CC(O)CO)O1)C[C@H]1O[C@H](C[C@@H](O)/C=C/CC(C)C)CC[C@@H]1C. The summed E-state index contributed by atoms with van der Waals surface area (Å²) in [6, 6.07) is 10.1. The smallest absolute Gasteiger partial charge is 0.0795 e. The molecular weight excluding hydrogens is 508 g/mol. The molecule has 0 saturated carbocycles. The van der Waals surface area contributed by atoms with Crippen LogP contribution in [0.2, 0.25) is 0 Å². The molecule has 0 aliphatic carbocycles. The number of ether oxygens (including phenoxy) is 4. The van der Waals surface area contributed by atoms with Gasteiger partial charge in [-0.1, -0.05) is 63.3 Å². The molecule has 0 amide bonds. The predicted octanol–water partition coefficient (Wildman–Crippen LogP) is 5.19. The molecule has 1 aromatic carbocycles. The second-order valence-electron chi connectivity index (χ2n) is 12.4. The van der Waals surface area contributed by atoms with Gasteiger partial charge in [0.25, 0.3) is 0 Å². The van der Waals surface area contributed by atoms with Gasteiger partial charge >= 0.3 is 0 Å². The summed E-state index contributed by atoms with van der Waals surface area (Å²) < 4.78 is 25.2. The van der Waals surface area contributed by atoms with Crippen molar-refractivity contribution in [3.63, 3.8) is 0 Å². The van der Waals surface area contributed by atoms with Crippen molar-refractivity contribution in [3.05, 3.63) is 48.0 Å². The third kappa shape index (κ3) is 11.9. The Morgan fingerprint density at radius 1 is 0.950 bits per heavy atom. The van der Waals surface area contributed by atoms with Crippen molar-refractivity contribution in [2.45, 2.75) is 134 Å². The molecule has 2 aliphatic rings. The zero-order valence-electron chi connectivity index (χ0n) is 25.1. The molecule has 2 aliphatic heterocycles. The molecule has 3 rings (SSSR count). The van der Waals surface area contributed by atoms with E-state index in [9.17, 15) is 15.3 Å². The van der Waals surface area contributed by atoms with Crippen molar-refractivity contribution in [2.24, 2.45) is 11.8 Å². The zero-order chi connectivity index (χ0) is 28.9. The van der Waals surface area contributed by atoms with Gasteiger partial charge in [-0.3, -0.25) is 0 Å². The Labute approximate surface area is 241 Å². The molecule has 228 valence electrons. The average molecular weight is 563 g/mol. The lowest BCUT2D eigenvalue weighted by atomic mass is 9.87. The zero-order valence-corrected chi connectivity index (χ0v) is 25.1. The third-order valence-corrected chi connectivity index (χ3v) is 8.28. The van der Waals surface area contributed by atoms with E-state index in [4.69, 9.17) is 18.9 Å². The third-order valence-electron chi connectivity index (χ3n) is 8.28. The maximum atomic E-state index is 10.5. The first-order valence-electron chi connectivity index (χ1n) is 15.4. The number of allylic oxidation sites excluding steroid dienone is 1. The van der Waals surface area contributed by atoms with Crippen LogP contribution in [0.5, 0.6) is 0 Å². The lowest BCUT2D eigenvalue weighted by Crippen LogP contribution is -2.42. The summed E-state index contributed by atoms with van der Waals surface area (Å²) in [5, 5.41) is 30.0. The van der Waals surface area contributed by atoms with Crippen LogP contribution in [-0.4, -0.2) is 77.9 Å². The van der Waals surface area contributed by atoms with E-state index in [1.54, 1.807) is 7.11 Å². The van der Waals surface area contributed by atoms with Gasteiger partial charge in [-0.2, -0.15) is 0 Å². The highest BCUT2D eigenvalue weighted by Crippen LogP contribution is 2.33. The van der Waals surface area contributed by atoms with Crippen LogP contribution in [0.4, 0.5) is 0 Å². The fourth-order valence-electron chi connectivity index (χ4n) is 5.91. The van der Waals surface area contributed by atoms with Crippen molar-refractivity contribution < 1.29 is 34.3 Å². The van der Waals surface area contributed by atoms with E-state index in [-0.39, 0.29) is 43.2 Å². The van der Waals surface area contributed by atoms with Gasteiger partial charge < -0.3 is 34.3 Å². The molecule has 3 N–H and O–H groups in total. The van der Waals surface area contributed by atoms with Crippen molar-refractivity contribution >= 4 is 0 Å².